The topological polar surface area (TPSA) is 24.1 Å². The van der Waals surface area contributed by atoms with Crippen LogP contribution in [0.1, 0.15) is 24.5 Å². The average Bonchev–Trinajstić information content (AvgIpc) is 2.30. The second-order valence-corrected chi connectivity index (χ2v) is 4.45. The van der Waals surface area contributed by atoms with Gasteiger partial charge in [0.25, 0.3) is 0 Å². The van der Waals surface area contributed by atoms with Gasteiger partial charge in [-0.15, -0.1) is 0 Å². The molecule has 0 saturated carbocycles. The molecule has 0 aliphatic heterocycles. The van der Waals surface area contributed by atoms with Gasteiger partial charge in [-0.2, -0.15) is 0 Å². The van der Waals surface area contributed by atoms with Crippen molar-refractivity contribution < 1.29 is 0 Å². The van der Waals surface area contributed by atoms with Crippen LogP contribution in [0, 0.1) is 12.8 Å². The molecule has 0 heterocycles. The lowest BCUT2D eigenvalue weighted by Gasteiger charge is -2.15. The molecule has 1 atom stereocenters. The molecule has 90 valence electrons. The van der Waals surface area contributed by atoms with Crippen LogP contribution >= 0.6 is 0 Å². The molecule has 0 fully saturated rings. The lowest BCUT2D eigenvalue weighted by molar-refractivity contribution is 0.445. The number of hydrogen-bond donors (Lipinski definition) is 2. The highest BCUT2D eigenvalue weighted by Crippen LogP contribution is 2.03. The quantitative estimate of drug-likeness (QED) is 0.737. The first-order valence-electron chi connectivity index (χ1n) is 6.17. The summed E-state index contributed by atoms with van der Waals surface area (Å²) in [4.78, 5) is 0. The summed E-state index contributed by atoms with van der Waals surface area (Å²) in [6, 6.07) is 8.73. The minimum atomic E-state index is 0.732. The third-order valence-electron chi connectivity index (χ3n) is 2.95. The normalized spacial score (nSPS) is 12.7. The Hall–Kier alpha value is -0.860. The van der Waals surface area contributed by atoms with E-state index in [0.717, 1.165) is 25.6 Å². The van der Waals surface area contributed by atoms with E-state index in [4.69, 9.17) is 0 Å². The lowest BCUT2D eigenvalue weighted by atomic mass is 10.1. The Labute approximate surface area is 99.5 Å². The summed E-state index contributed by atoms with van der Waals surface area (Å²) in [5.41, 5.74) is 2.69. The van der Waals surface area contributed by atoms with Crippen molar-refractivity contribution in [2.75, 3.05) is 20.1 Å². The minimum absolute atomic E-state index is 0.732. The predicted molar refractivity (Wildman–Crippen MR) is 70.6 cm³/mol. The van der Waals surface area contributed by atoms with Crippen LogP contribution in [0.5, 0.6) is 0 Å². The molecule has 2 nitrogen and oxygen atoms in total. The molecule has 0 aliphatic carbocycles. The molecule has 0 bridgehead atoms. The maximum Gasteiger partial charge on any atom is 0.0205 e. The first-order chi connectivity index (χ1) is 7.76. The highest BCUT2D eigenvalue weighted by Gasteiger charge is 2.03. The first-order valence-corrected chi connectivity index (χ1v) is 6.17. The van der Waals surface area contributed by atoms with Gasteiger partial charge < -0.3 is 10.6 Å². The molecule has 0 spiro atoms. The molecule has 16 heavy (non-hydrogen) atoms. The predicted octanol–water partition coefficient (Wildman–Crippen LogP) is 2.33. The van der Waals surface area contributed by atoms with E-state index in [0.29, 0.717) is 0 Å². The highest BCUT2D eigenvalue weighted by molar-refractivity contribution is 5.20. The number of nitrogens with one attached hydrogen (secondary N) is 2. The zero-order valence-electron chi connectivity index (χ0n) is 10.7. The van der Waals surface area contributed by atoms with Crippen LogP contribution < -0.4 is 10.6 Å². The molecule has 1 rings (SSSR count). The second kappa shape index (κ2) is 7.42. The van der Waals surface area contributed by atoms with E-state index in [-0.39, 0.29) is 0 Å². The van der Waals surface area contributed by atoms with Crippen LogP contribution in [0.2, 0.25) is 0 Å². The van der Waals surface area contributed by atoms with Gasteiger partial charge >= 0.3 is 0 Å². The van der Waals surface area contributed by atoms with Crippen molar-refractivity contribution in [1.29, 1.82) is 0 Å². The van der Waals surface area contributed by atoms with E-state index in [2.05, 4.69) is 48.7 Å². The SMILES string of the molecule is CCC(CNC)CNCc1ccc(C)cc1. The zero-order valence-corrected chi connectivity index (χ0v) is 10.7. The molecule has 0 radical (unpaired) electrons. The van der Waals surface area contributed by atoms with Crippen LogP contribution in [0.15, 0.2) is 24.3 Å². The molecular weight excluding hydrogens is 196 g/mol. The summed E-state index contributed by atoms with van der Waals surface area (Å²) in [5, 5.41) is 6.75. The van der Waals surface area contributed by atoms with E-state index in [1.165, 1.54) is 17.5 Å². The van der Waals surface area contributed by atoms with Gasteiger partial charge in [0.05, 0.1) is 0 Å². The van der Waals surface area contributed by atoms with E-state index >= 15 is 0 Å². The molecule has 2 heteroatoms. The first kappa shape index (κ1) is 13.2. The molecule has 0 saturated heterocycles. The Morgan fingerprint density at radius 3 is 2.38 bits per heavy atom. The van der Waals surface area contributed by atoms with Gasteiger partial charge in [-0.05, 0) is 38.5 Å². The third kappa shape index (κ3) is 4.77. The molecule has 2 N–H and O–H groups in total. The van der Waals surface area contributed by atoms with Gasteiger partial charge in [-0.1, -0.05) is 43.2 Å². The summed E-state index contributed by atoms with van der Waals surface area (Å²) < 4.78 is 0. The summed E-state index contributed by atoms with van der Waals surface area (Å²) in [6.45, 7) is 7.52. The summed E-state index contributed by atoms with van der Waals surface area (Å²) >= 11 is 0. The van der Waals surface area contributed by atoms with Crippen LogP contribution in [-0.4, -0.2) is 20.1 Å². The van der Waals surface area contributed by atoms with Gasteiger partial charge in [0.1, 0.15) is 0 Å². The molecule has 1 aromatic rings. The Balaban J connectivity index is 2.26. The number of aryl methyl sites for hydroxylation is 1. The van der Waals surface area contributed by atoms with Crippen molar-refractivity contribution in [3.63, 3.8) is 0 Å². The number of benzene rings is 1. The summed E-state index contributed by atoms with van der Waals surface area (Å²) in [5.74, 6) is 0.732. The monoisotopic (exact) mass is 220 g/mol. The van der Waals surface area contributed by atoms with Gasteiger partial charge in [-0.25, -0.2) is 0 Å². The fourth-order valence-electron chi connectivity index (χ4n) is 1.78. The Morgan fingerprint density at radius 1 is 1.12 bits per heavy atom. The van der Waals surface area contributed by atoms with Crippen molar-refractivity contribution in [3.05, 3.63) is 35.4 Å². The molecule has 1 aromatic carbocycles. The maximum atomic E-state index is 3.52. The second-order valence-electron chi connectivity index (χ2n) is 4.45. The van der Waals surface area contributed by atoms with Gasteiger partial charge in [-0.3, -0.25) is 0 Å². The third-order valence-corrected chi connectivity index (χ3v) is 2.95. The van der Waals surface area contributed by atoms with E-state index < -0.39 is 0 Å². The van der Waals surface area contributed by atoms with Crippen LogP contribution in [0.25, 0.3) is 0 Å². The Bertz CT molecular complexity index is 279. The summed E-state index contributed by atoms with van der Waals surface area (Å²) in [6.07, 6.45) is 1.22. The standard InChI is InChI=1S/C14H24N2/c1-4-13(9-15-3)10-16-11-14-7-5-12(2)6-8-14/h5-8,13,15-16H,4,9-11H2,1-3H3. The van der Waals surface area contributed by atoms with E-state index in [9.17, 15) is 0 Å². The van der Waals surface area contributed by atoms with Crippen molar-refractivity contribution in [3.8, 4) is 0 Å². The fourth-order valence-corrected chi connectivity index (χ4v) is 1.78. The smallest absolute Gasteiger partial charge is 0.0205 e. The molecule has 1 unspecified atom stereocenters. The Morgan fingerprint density at radius 2 is 1.81 bits per heavy atom. The van der Waals surface area contributed by atoms with Crippen molar-refractivity contribution in [1.82, 2.24) is 10.6 Å². The molecule has 0 aliphatic rings. The van der Waals surface area contributed by atoms with Crippen molar-refractivity contribution >= 4 is 0 Å². The van der Waals surface area contributed by atoms with Gasteiger partial charge in [0, 0.05) is 6.54 Å². The number of rotatable bonds is 7. The van der Waals surface area contributed by atoms with Crippen molar-refractivity contribution in [2.45, 2.75) is 26.8 Å². The highest BCUT2D eigenvalue weighted by atomic mass is 14.9. The Kier molecular flexibility index (Phi) is 6.12. The molecule has 0 aromatic heterocycles. The van der Waals surface area contributed by atoms with E-state index in [1.54, 1.807) is 0 Å². The number of hydrogen-bond acceptors (Lipinski definition) is 2. The molecule has 0 amide bonds. The maximum absolute atomic E-state index is 3.52. The van der Waals surface area contributed by atoms with Crippen LogP contribution in [0.4, 0.5) is 0 Å². The summed E-state index contributed by atoms with van der Waals surface area (Å²) in [7, 11) is 2.02. The van der Waals surface area contributed by atoms with Crippen LogP contribution in [0.3, 0.4) is 0 Å². The zero-order chi connectivity index (χ0) is 11.8. The van der Waals surface area contributed by atoms with Gasteiger partial charge in [0.2, 0.25) is 0 Å². The average molecular weight is 220 g/mol. The van der Waals surface area contributed by atoms with Crippen LogP contribution in [-0.2, 0) is 6.54 Å². The minimum Gasteiger partial charge on any atom is -0.319 e. The largest absolute Gasteiger partial charge is 0.319 e. The van der Waals surface area contributed by atoms with Crippen molar-refractivity contribution in [2.24, 2.45) is 5.92 Å². The van der Waals surface area contributed by atoms with E-state index in [1.807, 2.05) is 7.05 Å². The molecular formula is C14H24N2. The lowest BCUT2D eigenvalue weighted by Crippen LogP contribution is -2.29. The fraction of sp³-hybridized carbons (Fsp3) is 0.571. The van der Waals surface area contributed by atoms with Gasteiger partial charge in [0.15, 0.2) is 0 Å².